The summed E-state index contributed by atoms with van der Waals surface area (Å²) in [6, 6.07) is 5.21. The number of rotatable bonds is 3. The van der Waals surface area contributed by atoms with Gasteiger partial charge in [0.2, 0.25) is 5.91 Å². The molecule has 6 heteroatoms. The van der Waals surface area contributed by atoms with Crippen molar-refractivity contribution in [3.05, 3.63) is 44.8 Å². The van der Waals surface area contributed by atoms with E-state index in [0.29, 0.717) is 17.2 Å². The zero-order valence-electron chi connectivity index (χ0n) is 14.8. The topological polar surface area (TPSA) is 53.8 Å². The third-order valence-corrected chi connectivity index (χ3v) is 5.09. The van der Waals surface area contributed by atoms with Crippen molar-refractivity contribution in [3.8, 4) is 0 Å². The van der Waals surface area contributed by atoms with Crippen LogP contribution in [0.5, 0.6) is 0 Å². The third-order valence-electron chi connectivity index (χ3n) is 4.68. The molecule has 2 heterocycles. The Kier molecular flexibility index (Phi) is 5.16. The lowest BCUT2D eigenvalue weighted by molar-refractivity contribution is -0.136. The van der Waals surface area contributed by atoms with Gasteiger partial charge < -0.3 is 9.32 Å². The Morgan fingerprint density at radius 3 is 2.52 bits per heavy atom. The van der Waals surface area contributed by atoms with E-state index in [1.165, 1.54) is 0 Å². The molecule has 1 fully saturated rings. The first-order valence-electron chi connectivity index (χ1n) is 8.59. The average molecular weight is 363 g/mol. The van der Waals surface area contributed by atoms with Gasteiger partial charge in [-0.3, -0.25) is 9.69 Å². The van der Waals surface area contributed by atoms with E-state index in [2.05, 4.69) is 4.90 Å². The van der Waals surface area contributed by atoms with Crippen molar-refractivity contribution < 1.29 is 9.21 Å². The molecule has 0 saturated carbocycles. The van der Waals surface area contributed by atoms with E-state index in [4.69, 9.17) is 16.0 Å². The lowest BCUT2D eigenvalue weighted by Gasteiger charge is -2.35. The first kappa shape index (κ1) is 18.0. The Hall–Kier alpha value is -1.85. The normalized spacial score (nSPS) is 16.0. The molecule has 1 aliphatic heterocycles. The zero-order chi connectivity index (χ0) is 18.1. The molecule has 2 aromatic rings. The number of aryl methyl sites for hydroxylation is 1. The van der Waals surface area contributed by atoms with E-state index in [1.54, 1.807) is 6.07 Å². The fourth-order valence-electron chi connectivity index (χ4n) is 3.21. The van der Waals surface area contributed by atoms with Crippen LogP contribution in [0, 0.1) is 12.8 Å². The molecule has 0 bridgehead atoms. The number of hydrogen-bond acceptors (Lipinski definition) is 4. The van der Waals surface area contributed by atoms with Gasteiger partial charge in [-0.1, -0.05) is 25.4 Å². The van der Waals surface area contributed by atoms with Crippen LogP contribution < -0.4 is 5.63 Å². The molecule has 1 amide bonds. The van der Waals surface area contributed by atoms with E-state index < -0.39 is 0 Å². The molecule has 25 heavy (non-hydrogen) atoms. The maximum atomic E-state index is 12.1. The molecule has 0 aliphatic carbocycles. The maximum absolute atomic E-state index is 12.1. The lowest BCUT2D eigenvalue weighted by Crippen LogP contribution is -2.49. The van der Waals surface area contributed by atoms with Gasteiger partial charge in [0.1, 0.15) is 5.58 Å². The zero-order valence-corrected chi connectivity index (χ0v) is 15.6. The van der Waals surface area contributed by atoms with Crippen molar-refractivity contribution in [1.82, 2.24) is 9.80 Å². The summed E-state index contributed by atoms with van der Waals surface area (Å²) in [6.07, 6.45) is 0. The van der Waals surface area contributed by atoms with Crippen molar-refractivity contribution in [1.29, 1.82) is 0 Å². The van der Waals surface area contributed by atoms with E-state index in [-0.39, 0.29) is 17.5 Å². The summed E-state index contributed by atoms with van der Waals surface area (Å²) >= 11 is 6.25. The second kappa shape index (κ2) is 7.18. The predicted octanol–water partition coefficient (Wildman–Crippen LogP) is 3.06. The molecule has 1 aromatic heterocycles. The highest BCUT2D eigenvalue weighted by Gasteiger charge is 2.23. The summed E-state index contributed by atoms with van der Waals surface area (Å²) in [6.45, 7) is 9.41. The first-order valence-corrected chi connectivity index (χ1v) is 8.97. The van der Waals surface area contributed by atoms with Gasteiger partial charge in [-0.25, -0.2) is 4.79 Å². The minimum absolute atomic E-state index is 0.0274. The highest BCUT2D eigenvalue weighted by atomic mass is 35.5. The molecular weight excluding hydrogens is 340 g/mol. The van der Waals surface area contributed by atoms with Crippen molar-refractivity contribution in [2.24, 2.45) is 5.92 Å². The molecular formula is C19H23ClN2O3. The van der Waals surface area contributed by atoms with E-state index in [0.717, 1.165) is 42.7 Å². The molecule has 1 saturated heterocycles. The molecule has 5 nitrogen and oxygen atoms in total. The molecule has 0 unspecified atom stereocenters. The van der Waals surface area contributed by atoms with Gasteiger partial charge in [0.25, 0.3) is 0 Å². The fraction of sp³-hybridized carbons (Fsp3) is 0.474. The SMILES string of the molecule is Cc1cc2oc(=O)cc(CN3CCN(C(=O)C(C)C)CC3)c2cc1Cl. The number of carbonyl (C=O) groups is 1. The second-order valence-corrected chi connectivity index (χ2v) is 7.35. The van der Waals surface area contributed by atoms with Crippen LogP contribution in [0.3, 0.4) is 0 Å². The van der Waals surface area contributed by atoms with Gasteiger partial charge in [0.15, 0.2) is 0 Å². The fourth-order valence-corrected chi connectivity index (χ4v) is 3.38. The van der Waals surface area contributed by atoms with Crippen LogP contribution in [-0.2, 0) is 11.3 Å². The minimum atomic E-state index is -0.349. The average Bonchev–Trinajstić information content (AvgIpc) is 2.56. The lowest BCUT2D eigenvalue weighted by atomic mass is 10.1. The third kappa shape index (κ3) is 3.88. The van der Waals surface area contributed by atoms with Crippen LogP contribution in [0.1, 0.15) is 25.0 Å². The van der Waals surface area contributed by atoms with Crippen molar-refractivity contribution in [2.45, 2.75) is 27.3 Å². The van der Waals surface area contributed by atoms with Gasteiger partial charge in [-0.05, 0) is 30.2 Å². The molecule has 0 spiro atoms. The Morgan fingerprint density at radius 1 is 1.20 bits per heavy atom. The quantitative estimate of drug-likeness (QED) is 0.787. The molecule has 3 rings (SSSR count). The molecule has 1 aliphatic rings. The Labute approximate surface area is 152 Å². The maximum Gasteiger partial charge on any atom is 0.336 e. The number of carbonyl (C=O) groups excluding carboxylic acids is 1. The Balaban J connectivity index is 1.79. The predicted molar refractivity (Wildman–Crippen MR) is 98.9 cm³/mol. The highest BCUT2D eigenvalue weighted by Crippen LogP contribution is 2.26. The minimum Gasteiger partial charge on any atom is -0.423 e. The molecule has 134 valence electrons. The molecule has 0 radical (unpaired) electrons. The van der Waals surface area contributed by atoms with Gasteiger partial charge in [-0.2, -0.15) is 0 Å². The van der Waals surface area contributed by atoms with Crippen molar-refractivity contribution >= 4 is 28.5 Å². The van der Waals surface area contributed by atoms with E-state index >= 15 is 0 Å². The van der Waals surface area contributed by atoms with Crippen molar-refractivity contribution in [2.75, 3.05) is 26.2 Å². The number of fused-ring (bicyclic) bond motifs is 1. The highest BCUT2D eigenvalue weighted by molar-refractivity contribution is 6.32. The number of nitrogens with zero attached hydrogens (tertiary/aromatic N) is 2. The van der Waals surface area contributed by atoms with Crippen LogP contribution in [0.2, 0.25) is 5.02 Å². The number of benzene rings is 1. The van der Waals surface area contributed by atoms with Gasteiger partial charge in [0.05, 0.1) is 0 Å². The Bertz CT molecular complexity index is 852. The van der Waals surface area contributed by atoms with Gasteiger partial charge >= 0.3 is 5.63 Å². The summed E-state index contributed by atoms with van der Waals surface area (Å²) in [4.78, 5) is 28.1. The first-order chi connectivity index (χ1) is 11.8. The van der Waals surface area contributed by atoms with Crippen LogP contribution in [0.25, 0.3) is 11.0 Å². The number of amides is 1. The smallest absolute Gasteiger partial charge is 0.336 e. The number of halogens is 1. The summed E-state index contributed by atoms with van der Waals surface area (Å²) < 4.78 is 5.32. The molecule has 0 atom stereocenters. The van der Waals surface area contributed by atoms with E-state index in [1.807, 2.05) is 37.8 Å². The standard InChI is InChI=1S/C19H23ClN2O3/c1-12(2)19(24)22-6-4-21(5-7-22)11-14-9-18(23)25-17-8-13(3)16(20)10-15(14)17/h8-10,12H,4-7,11H2,1-3H3. The Morgan fingerprint density at radius 2 is 1.88 bits per heavy atom. The monoisotopic (exact) mass is 362 g/mol. The number of piperazine rings is 1. The van der Waals surface area contributed by atoms with Gasteiger partial charge in [-0.15, -0.1) is 0 Å². The summed E-state index contributed by atoms with van der Waals surface area (Å²) in [5.74, 6) is 0.229. The second-order valence-electron chi connectivity index (χ2n) is 6.94. The summed E-state index contributed by atoms with van der Waals surface area (Å²) in [7, 11) is 0. The van der Waals surface area contributed by atoms with Crippen molar-refractivity contribution in [3.63, 3.8) is 0 Å². The molecule has 0 N–H and O–H groups in total. The summed E-state index contributed by atoms with van der Waals surface area (Å²) in [5.41, 5.74) is 2.02. The van der Waals surface area contributed by atoms with Crippen LogP contribution in [-0.4, -0.2) is 41.9 Å². The largest absolute Gasteiger partial charge is 0.423 e. The van der Waals surface area contributed by atoms with Crippen LogP contribution in [0.4, 0.5) is 0 Å². The van der Waals surface area contributed by atoms with Gasteiger partial charge in [0, 0.05) is 55.1 Å². The number of hydrogen-bond donors (Lipinski definition) is 0. The summed E-state index contributed by atoms with van der Waals surface area (Å²) in [5, 5.41) is 1.53. The van der Waals surface area contributed by atoms with Crippen LogP contribution >= 0.6 is 11.6 Å². The molecule has 1 aromatic carbocycles. The van der Waals surface area contributed by atoms with E-state index in [9.17, 15) is 9.59 Å². The van der Waals surface area contributed by atoms with Crippen LogP contribution in [0.15, 0.2) is 27.4 Å².